The first kappa shape index (κ1) is 64.0. The Balaban J connectivity index is 1.76. The molecule has 2 unspecified atom stereocenters. The summed E-state index contributed by atoms with van der Waals surface area (Å²) in [6.45, 7) is 11.7. The number of carbonyl (C=O) groups excluding carboxylic acids is 5. The number of phenols is 1. The Morgan fingerprint density at radius 2 is 1.07 bits per heavy atom. The summed E-state index contributed by atoms with van der Waals surface area (Å²) in [5.74, 6) is -1.77. The van der Waals surface area contributed by atoms with Crippen molar-refractivity contribution in [1.29, 1.82) is 0 Å². The molecule has 1 aromatic rings. The zero-order valence-corrected chi connectivity index (χ0v) is 46.4. The summed E-state index contributed by atoms with van der Waals surface area (Å²) in [4.78, 5) is 63.7. The van der Waals surface area contributed by atoms with Crippen LogP contribution in [0.5, 0.6) is 11.5 Å². The van der Waals surface area contributed by atoms with Crippen LogP contribution >= 0.6 is 0 Å². The first-order valence-electron chi connectivity index (χ1n) is 28.7. The van der Waals surface area contributed by atoms with Gasteiger partial charge in [-0.05, 0) is 70.8 Å². The Hall–Kier alpha value is -4.09. The third kappa shape index (κ3) is 29.0. The summed E-state index contributed by atoms with van der Waals surface area (Å²) in [6.07, 6.45) is 35.1. The van der Waals surface area contributed by atoms with E-state index in [1.54, 1.807) is 0 Å². The van der Waals surface area contributed by atoms with Crippen molar-refractivity contribution in [3.8, 4) is 11.5 Å². The summed E-state index contributed by atoms with van der Waals surface area (Å²) >= 11 is 0. The SMILES string of the molecule is CCCCCCCCCCCCCCCC(=O)OCC(COC(=O)CCCCCCCCCCCCCCC)OC(=O)CC(C)CCC(C)OC(=O)CC/C(C)=C/Cc1c(O)c2c(c(C)c1OC)COC2=O. The molecule has 12 heteroatoms. The highest BCUT2D eigenvalue weighted by molar-refractivity contribution is 5.98. The molecule has 0 bridgehead atoms. The fourth-order valence-electron chi connectivity index (χ4n) is 9.39. The first-order valence-corrected chi connectivity index (χ1v) is 28.7. The number of rotatable bonds is 45. The van der Waals surface area contributed by atoms with Crippen LogP contribution in [0.15, 0.2) is 11.6 Å². The number of methoxy groups -OCH3 is 1. The van der Waals surface area contributed by atoms with E-state index in [2.05, 4.69) is 13.8 Å². The van der Waals surface area contributed by atoms with E-state index in [1.807, 2.05) is 33.8 Å². The maximum absolute atomic E-state index is 13.2. The molecule has 12 nitrogen and oxygen atoms in total. The molecule has 1 aromatic carbocycles. The van der Waals surface area contributed by atoms with Gasteiger partial charge in [-0.3, -0.25) is 19.2 Å². The van der Waals surface area contributed by atoms with E-state index < -0.39 is 18.0 Å². The van der Waals surface area contributed by atoms with Gasteiger partial charge in [-0.1, -0.05) is 187 Å². The number of esters is 5. The van der Waals surface area contributed by atoms with Gasteiger partial charge in [0.15, 0.2) is 6.10 Å². The van der Waals surface area contributed by atoms with Crippen LogP contribution in [0.4, 0.5) is 0 Å². The number of cyclic esters (lactones) is 1. The van der Waals surface area contributed by atoms with Gasteiger partial charge in [-0.15, -0.1) is 0 Å². The zero-order chi connectivity index (χ0) is 52.8. The van der Waals surface area contributed by atoms with Crippen LogP contribution in [-0.2, 0) is 55.9 Å². The van der Waals surface area contributed by atoms with Crippen LogP contribution in [0, 0.1) is 12.8 Å². The van der Waals surface area contributed by atoms with Crippen molar-refractivity contribution in [3.63, 3.8) is 0 Å². The van der Waals surface area contributed by atoms with Gasteiger partial charge in [0.25, 0.3) is 0 Å². The van der Waals surface area contributed by atoms with E-state index in [-0.39, 0.29) is 73.9 Å². The Morgan fingerprint density at radius 1 is 0.611 bits per heavy atom. The number of benzene rings is 1. The second-order valence-electron chi connectivity index (χ2n) is 20.8. The number of ether oxygens (including phenoxy) is 6. The standard InChI is InChI=1S/C60H100O12/c1-8-10-12-14-16-18-20-22-24-26-28-30-32-34-53(61)68-43-50(44-69-54(62)35-33-31-29-27-25-23-21-19-17-15-13-11-9-2)72-56(64)42-47(4)36-39-48(5)71-55(63)41-38-46(3)37-40-51-58(65)57-52(45-70-60(57)66)49(6)59(51)67-7/h37,47-48,50,65H,8-36,38-45H2,1-7H3/b46-37+. The molecular weight excluding hydrogens is 913 g/mol. The number of carbonyl (C=O) groups is 5. The maximum atomic E-state index is 13.2. The number of phenolic OH excluding ortho intramolecular Hbond substituents is 1. The summed E-state index contributed by atoms with van der Waals surface area (Å²) in [5, 5.41) is 10.9. The van der Waals surface area contributed by atoms with Crippen molar-refractivity contribution in [2.24, 2.45) is 5.92 Å². The van der Waals surface area contributed by atoms with Crippen molar-refractivity contribution in [1.82, 2.24) is 0 Å². The van der Waals surface area contributed by atoms with Crippen LogP contribution in [0.25, 0.3) is 0 Å². The predicted octanol–water partition coefficient (Wildman–Crippen LogP) is 15.3. The number of fused-ring (bicyclic) bond motifs is 1. The molecule has 412 valence electrons. The minimum Gasteiger partial charge on any atom is -0.507 e. The van der Waals surface area contributed by atoms with Crippen molar-refractivity contribution < 1.29 is 57.5 Å². The lowest BCUT2D eigenvalue weighted by atomic mass is 9.94. The van der Waals surface area contributed by atoms with Gasteiger partial charge in [0, 0.05) is 36.8 Å². The second-order valence-corrected chi connectivity index (χ2v) is 20.8. The van der Waals surface area contributed by atoms with Gasteiger partial charge in [0.1, 0.15) is 36.9 Å². The van der Waals surface area contributed by atoms with Gasteiger partial charge >= 0.3 is 29.8 Å². The molecule has 0 fully saturated rings. The van der Waals surface area contributed by atoms with Crippen LogP contribution in [-0.4, -0.2) is 67.5 Å². The third-order valence-corrected chi connectivity index (χ3v) is 14.1. The minimum atomic E-state index is -0.905. The number of unbranched alkanes of at least 4 members (excludes halogenated alkanes) is 24. The Bertz CT molecular complexity index is 1670. The number of allylic oxidation sites excluding steroid dienone is 2. The molecular formula is C60H100O12. The van der Waals surface area contributed by atoms with Crippen molar-refractivity contribution in [3.05, 3.63) is 33.9 Å². The Labute approximate surface area is 436 Å². The number of hydrogen-bond donors (Lipinski definition) is 1. The Morgan fingerprint density at radius 3 is 1.53 bits per heavy atom. The summed E-state index contributed by atoms with van der Waals surface area (Å²) in [7, 11) is 1.52. The van der Waals surface area contributed by atoms with E-state index in [1.165, 1.54) is 136 Å². The molecule has 1 N–H and O–H groups in total. The third-order valence-electron chi connectivity index (χ3n) is 14.1. The van der Waals surface area contributed by atoms with Gasteiger partial charge < -0.3 is 33.5 Å². The van der Waals surface area contributed by atoms with Crippen molar-refractivity contribution in [2.75, 3.05) is 20.3 Å². The van der Waals surface area contributed by atoms with Crippen molar-refractivity contribution >= 4 is 29.8 Å². The molecule has 1 aliphatic heterocycles. The lowest BCUT2D eigenvalue weighted by molar-refractivity contribution is -0.167. The first-order chi connectivity index (χ1) is 34.8. The smallest absolute Gasteiger partial charge is 0.342 e. The van der Waals surface area contributed by atoms with Gasteiger partial charge in [0.2, 0.25) is 0 Å². The van der Waals surface area contributed by atoms with Gasteiger partial charge in [-0.25, -0.2) is 4.79 Å². The topological polar surface area (TPSA) is 161 Å². The second kappa shape index (κ2) is 40.3. The molecule has 0 saturated carbocycles. The minimum absolute atomic E-state index is 0.0844. The zero-order valence-electron chi connectivity index (χ0n) is 46.4. The fraction of sp³-hybridized carbons (Fsp3) is 0.783. The Kier molecular flexibility index (Phi) is 35.9. The van der Waals surface area contributed by atoms with E-state index in [9.17, 15) is 29.1 Å². The highest BCUT2D eigenvalue weighted by Crippen LogP contribution is 2.42. The van der Waals surface area contributed by atoms with E-state index in [0.717, 1.165) is 49.7 Å². The van der Waals surface area contributed by atoms with Crippen LogP contribution in [0.3, 0.4) is 0 Å². The molecule has 0 radical (unpaired) electrons. The molecule has 2 atom stereocenters. The molecule has 0 saturated heterocycles. The monoisotopic (exact) mass is 1010 g/mol. The predicted molar refractivity (Wildman–Crippen MR) is 286 cm³/mol. The molecule has 0 aromatic heterocycles. The molecule has 1 aliphatic rings. The fourth-order valence-corrected chi connectivity index (χ4v) is 9.39. The average molecular weight is 1010 g/mol. The summed E-state index contributed by atoms with van der Waals surface area (Å²) < 4.78 is 33.3. The molecule has 72 heavy (non-hydrogen) atoms. The molecule has 0 amide bonds. The normalized spacial score (nSPS) is 13.2. The molecule has 2 rings (SSSR count). The van der Waals surface area contributed by atoms with Crippen LogP contribution < -0.4 is 4.74 Å². The largest absolute Gasteiger partial charge is 0.507 e. The van der Waals surface area contributed by atoms with E-state index >= 15 is 0 Å². The molecule has 0 aliphatic carbocycles. The number of hydrogen-bond acceptors (Lipinski definition) is 12. The van der Waals surface area contributed by atoms with Crippen LogP contribution in [0.1, 0.15) is 274 Å². The average Bonchev–Trinajstić information content (AvgIpc) is 3.76. The highest BCUT2D eigenvalue weighted by atomic mass is 16.6. The van der Waals surface area contributed by atoms with E-state index in [0.29, 0.717) is 55.4 Å². The van der Waals surface area contributed by atoms with E-state index in [4.69, 9.17) is 28.4 Å². The lowest BCUT2D eigenvalue weighted by Crippen LogP contribution is -2.31. The quantitative estimate of drug-likeness (QED) is 0.0285. The highest BCUT2D eigenvalue weighted by Gasteiger charge is 2.32. The number of aromatic hydroxyl groups is 1. The van der Waals surface area contributed by atoms with Gasteiger partial charge in [0.05, 0.1) is 13.2 Å². The van der Waals surface area contributed by atoms with Gasteiger partial charge in [-0.2, -0.15) is 0 Å². The van der Waals surface area contributed by atoms with Crippen molar-refractivity contribution in [2.45, 2.75) is 279 Å². The van der Waals surface area contributed by atoms with Crippen LogP contribution in [0.2, 0.25) is 0 Å². The summed E-state index contributed by atoms with van der Waals surface area (Å²) in [5.41, 5.74) is 2.98. The molecule has 1 heterocycles. The maximum Gasteiger partial charge on any atom is 0.342 e. The molecule has 0 spiro atoms. The lowest BCUT2D eigenvalue weighted by Gasteiger charge is -2.20. The summed E-state index contributed by atoms with van der Waals surface area (Å²) in [6, 6.07) is 0.